The lowest BCUT2D eigenvalue weighted by Gasteiger charge is -2.16. The molecule has 0 aliphatic heterocycles. The Bertz CT molecular complexity index is 1470. The Morgan fingerprint density at radius 3 is 2.34 bits per heavy atom. The molecule has 3 aromatic carbocycles. The second kappa shape index (κ2) is 12.6. The molecule has 0 bridgehead atoms. The highest BCUT2D eigenvalue weighted by Crippen LogP contribution is 2.25. The summed E-state index contributed by atoms with van der Waals surface area (Å²) >= 11 is 1.45. The van der Waals surface area contributed by atoms with Crippen LogP contribution in [0, 0.1) is 0 Å². The molecule has 0 spiro atoms. The summed E-state index contributed by atoms with van der Waals surface area (Å²) in [5.74, 6) is -2.06. The zero-order valence-corrected chi connectivity index (χ0v) is 22.3. The predicted octanol–water partition coefficient (Wildman–Crippen LogP) is 5.14. The number of hydrogen-bond donors (Lipinski definition) is 2. The third-order valence-electron chi connectivity index (χ3n) is 6.13. The zero-order valence-electron chi connectivity index (χ0n) is 20.6. The first-order valence-corrected chi connectivity index (χ1v) is 14.7. The second-order valence-corrected chi connectivity index (χ2v) is 11.8. The molecule has 38 heavy (non-hydrogen) atoms. The van der Waals surface area contributed by atoms with E-state index in [1.807, 2.05) is 35.7 Å². The number of aryl methyl sites for hydroxylation is 2. The molecule has 9 heteroatoms. The van der Waals surface area contributed by atoms with E-state index in [4.69, 9.17) is 0 Å². The van der Waals surface area contributed by atoms with Gasteiger partial charge in [0.2, 0.25) is 5.91 Å². The molecule has 4 rings (SSSR count). The lowest BCUT2D eigenvalue weighted by molar-refractivity contribution is -0.137. The molecule has 1 unspecified atom stereocenters. The summed E-state index contributed by atoms with van der Waals surface area (Å²) in [6, 6.07) is 23.3. The van der Waals surface area contributed by atoms with Crippen LogP contribution < -0.4 is 5.32 Å². The smallest absolute Gasteiger partial charge is 0.303 e. The van der Waals surface area contributed by atoms with Gasteiger partial charge >= 0.3 is 5.97 Å². The van der Waals surface area contributed by atoms with E-state index < -0.39 is 21.7 Å². The predicted molar refractivity (Wildman–Crippen MR) is 148 cm³/mol. The number of thiazole rings is 1. The van der Waals surface area contributed by atoms with E-state index in [9.17, 15) is 23.1 Å². The fourth-order valence-corrected chi connectivity index (χ4v) is 6.36. The number of sulfone groups is 1. The Labute approximate surface area is 226 Å². The summed E-state index contributed by atoms with van der Waals surface area (Å²) in [5, 5.41) is 14.1. The number of carbonyl (C=O) groups is 2. The molecule has 0 saturated carbocycles. The molecule has 1 aromatic heterocycles. The number of anilines is 1. The summed E-state index contributed by atoms with van der Waals surface area (Å²) in [4.78, 5) is 27.9. The van der Waals surface area contributed by atoms with Crippen LogP contribution in [-0.4, -0.2) is 36.1 Å². The minimum atomic E-state index is -3.68. The Kier molecular flexibility index (Phi) is 9.04. The van der Waals surface area contributed by atoms with Crippen molar-refractivity contribution in [2.75, 3.05) is 11.1 Å². The molecule has 2 N–H and O–H groups in total. The zero-order chi connectivity index (χ0) is 27.0. The molecule has 7 nitrogen and oxygen atoms in total. The number of aliphatic carboxylic acids is 1. The molecule has 1 heterocycles. The van der Waals surface area contributed by atoms with Crippen LogP contribution in [0.4, 0.5) is 5.69 Å². The van der Waals surface area contributed by atoms with Crippen molar-refractivity contribution in [2.45, 2.75) is 36.5 Å². The number of hydrogen-bond acceptors (Lipinski definition) is 6. The van der Waals surface area contributed by atoms with Gasteiger partial charge in [0.1, 0.15) is 0 Å². The van der Waals surface area contributed by atoms with Crippen molar-refractivity contribution < 1.29 is 23.1 Å². The van der Waals surface area contributed by atoms with Crippen LogP contribution in [0.3, 0.4) is 0 Å². The van der Waals surface area contributed by atoms with E-state index in [1.165, 1.54) is 11.3 Å². The number of carbonyl (C=O) groups excluding carboxylic acids is 1. The van der Waals surface area contributed by atoms with E-state index in [-0.39, 0.29) is 29.4 Å². The average molecular weight is 549 g/mol. The van der Waals surface area contributed by atoms with E-state index in [0.717, 1.165) is 28.9 Å². The highest BCUT2D eigenvalue weighted by molar-refractivity contribution is 7.91. The van der Waals surface area contributed by atoms with Crippen molar-refractivity contribution in [2.24, 2.45) is 0 Å². The van der Waals surface area contributed by atoms with Gasteiger partial charge in [0.15, 0.2) is 9.84 Å². The number of rotatable bonds is 12. The Hall–Kier alpha value is -3.82. The third-order valence-corrected chi connectivity index (χ3v) is 8.60. The maximum atomic E-state index is 13.1. The first-order valence-electron chi connectivity index (χ1n) is 12.1. The quantitative estimate of drug-likeness (QED) is 0.253. The number of amides is 1. The van der Waals surface area contributed by atoms with Crippen molar-refractivity contribution in [1.29, 1.82) is 0 Å². The number of aromatic nitrogens is 1. The monoisotopic (exact) mass is 548 g/mol. The highest BCUT2D eigenvalue weighted by Gasteiger charge is 2.24. The van der Waals surface area contributed by atoms with Crippen molar-refractivity contribution in [3.8, 4) is 0 Å². The summed E-state index contributed by atoms with van der Waals surface area (Å²) in [7, 11) is -3.68. The van der Waals surface area contributed by atoms with Crippen LogP contribution in [0.15, 0.2) is 94.6 Å². The van der Waals surface area contributed by atoms with Gasteiger partial charge in [0.25, 0.3) is 0 Å². The first-order chi connectivity index (χ1) is 18.3. The lowest BCUT2D eigenvalue weighted by atomic mass is 9.98. The fourth-order valence-electron chi connectivity index (χ4n) is 4.22. The molecule has 0 saturated heterocycles. The van der Waals surface area contributed by atoms with E-state index in [2.05, 4.69) is 10.3 Å². The van der Waals surface area contributed by atoms with Gasteiger partial charge in [0.05, 0.1) is 34.7 Å². The molecule has 0 aliphatic rings. The van der Waals surface area contributed by atoms with E-state index in [0.29, 0.717) is 12.0 Å². The van der Waals surface area contributed by atoms with Gasteiger partial charge in [-0.1, -0.05) is 54.6 Å². The van der Waals surface area contributed by atoms with Gasteiger partial charge in [0, 0.05) is 17.0 Å². The largest absolute Gasteiger partial charge is 0.481 e. The highest BCUT2D eigenvalue weighted by atomic mass is 32.2. The minimum absolute atomic E-state index is 0.122. The third kappa shape index (κ3) is 7.84. The van der Waals surface area contributed by atoms with Gasteiger partial charge in [-0.2, -0.15) is 0 Å². The summed E-state index contributed by atoms with van der Waals surface area (Å²) in [6.45, 7) is 0. The summed E-state index contributed by atoms with van der Waals surface area (Å²) in [6.07, 6.45) is 1.38. The van der Waals surface area contributed by atoms with Crippen LogP contribution in [0.5, 0.6) is 0 Å². The molecular formula is C29H28N2O5S2. The van der Waals surface area contributed by atoms with Crippen molar-refractivity contribution in [3.05, 3.63) is 112 Å². The van der Waals surface area contributed by atoms with Crippen LogP contribution in [0.2, 0.25) is 0 Å². The topological polar surface area (TPSA) is 113 Å². The maximum absolute atomic E-state index is 13.1. The number of nitrogens with zero attached hydrogens (tertiary/aromatic N) is 1. The van der Waals surface area contributed by atoms with Crippen molar-refractivity contribution in [3.63, 3.8) is 0 Å². The Morgan fingerprint density at radius 1 is 0.921 bits per heavy atom. The van der Waals surface area contributed by atoms with Crippen LogP contribution in [-0.2, 0) is 38.7 Å². The van der Waals surface area contributed by atoms with Gasteiger partial charge in [-0.3, -0.25) is 9.59 Å². The number of carboxylic acid groups (broad SMARTS) is 1. The van der Waals surface area contributed by atoms with Crippen LogP contribution >= 0.6 is 11.3 Å². The Morgan fingerprint density at radius 2 is 1.66 bits per heavy atom. The molecular weight excluding hydrogens is 520 g/mol. The van der Waals surface area contributed by atoms with Crippen molar-refractivity contribution in [1.82, 2.24) is 4.98 Å². The second-order valence-electron chi connectivity index (χ2n) is 9.04. The molecule has 1 amide bonds. The maximum Gasteiger partial charge on any atom is 0.303 e. The number of benzene rings is 3. The number of carboxylic acids is 1. The van der Waals surface area contributed by atoms with Gasteiger partial charge in [-0.25, -0.2) is 13.4 Å². The summed E-state index contributed by atoms with van der Waals surface area (Å²) < 4.78 is 26.2. The molecule has 0 aliphatic carbocycles. The van der Waals surface area contributed by atoms with Crippen molar-refractivity contribution >= 4 is 38.7 Å². The Balaban J connectivity index is 1.36. The van der Waals surface area contributed by atoms with E-state index >= 15 is 0 Å². The number of nitrogens with one attached hydrogen (secondary N) is 1. The van der Waals surface area contributed by atoms with Gasteiger partial charge in [-0.05, 0) is 53.8 Å². The molecule has 0 radical (unpaired) electrons. The van der Waals surface area contributed by atoms with Crippen LogP contribution in [0.1, 0.15) is 34.7 Å². The molecule has 196 valence electrons. The standard InChI is InChI=1S/C29H28N2O5S2/c32-28(17-26-18-37-20-30-26)31-25-8-4-5-22(15-25)10-9-21-11-13-27(14-12-21)38(35,36)19-24(16-29(33)34)23-6-2-1-3-7-23/h1-8,11-15,18,20,24H,9-10,16-17,19H2,(H,31,32)(H,33,34). The van der Waals surface area contributed by atoms with Gasteiger partial charge in [-0.15, -0.1) is 11.3 Å². The SMILES string of the molecule is O=C(O)CC(CS(=O)(=O)c1ccc(CCc2cccc(NC(=O)Cc3cscn3)c2)cc1)c1ccccc1. The first kappa shape index (κ1) is 27.2. The molecule has 1 atom stereocenters. The molecule has 0 fully saturated rings. The van der Waals surface area contributed by atoms with Crippen LogP contribution in [0.25, 0.3) is 0 Å². The lowest BCUT2D eigenvalue weighted by Crippen LogP contribution is -2.18. The van der Waals surface area contributed by atoms with Gasteiger partial charge < -0.3 is 10.4 Å². The van der Waals surface area contributed by atoms with E-state index in [1.54, 1.807) is 54.0 Å². The normalized spacial score (nSPS) is 12.1. The average Bonchev–Trinajstić information content (AvgIpc) is 3.40. The summed E-state index contributed by atoms with van der Waals surface area (Å²) in [5.41, 5.74) is 5.88. The fraction of sp³-hybridized carbons (Fsp3) is 0.207. The minimum Gasteiger partial charge on any atom is -0.481 e. The molecule has 4 aromatic rings.